The fourth-order valence-corrected chi connectivity index (χ4v) is 4.53. The van der Waals surface area contributed by atoms with E-state index in [9.17, 15) is 14.7 Å². The minimum absolute atomic E-state index is 0.239. The molecule has 2 fully saturated rings. The Morgan fingerprint density at radius 3 is 2.46 bits per heavy atom. The molecule has 1 saturated heterocycles. The van der Waals surface area contributed by atoms with Gasteiger partial charge in [-0.15, -0.1) is 11.8 Å². The van der Waals surface area contributed by atoms with Crippen LogP contribution in [0.1, 0.15) is 38.5 Å². The molecule has 1 aliphatic carbocycles. The molecule has 1 heterocycles. The van der Waals surface area contributed by atoms with Crippen LogP contribution in [0.25, 0.3) is 0 Å². The number of anilines is 1. The fourth-order valence-electron chi connectivity index (χ4n) is 3.28. The molecule has 2 amide bonds. The predicted octanol–water partition coefficient (Wildman–Crippen LogP) is 2.64. The first kappa shape index (κ1) is 17.3. The number of benzene rings is 1. The van der Waals surface area contributed by atoms with E-state index in [0.717, 1.165) is 6.42 Å². The summed E-state index contributed by atoms with van der Waals surface area (Å²) >= 11 is 1.89. The van der Waals surface area contributed by atoms with Crippen LogP contribution in [0.15, 0.2) is 29.2 Å². The van der Waals surface area contributed by atoms with Gasteiger partial charge < -0.3 is 15.3 Å². The summed E-state index contributed by atoms with van der Waals surface area (Å²) in [5, 5.41) is 13.0. The Hall–Kier alpha value is -1.53. The normalized spacial score (nSPS) is 21.7. The second-order valence-corrected chi connectivity index (χ2v) is 7.92. The number of hydrogen-bond donors (Lipinski definition) is 2. The highest BCUT2D eigenvalue weighted by Crippen LogP contribution is 2.34. The molecule has 0 bridgehead atoms. The molecule has 1 aromatic rings. The van der Waals surface area contributed by atoms with E-state index in [2.05, 4.69) is 5.32 Å². The van der Waals surface area contributed by atoms with Crippen molar-refractivity contribution < 1.29 is 14.7 Å². The van der Waals surface area contributed by atoms with Crippen LogP contribution >= 0.6 is 11.8 Å². The van der Waals surface area contributed by atoms with Gasteiger partial charge in [0.05, 0.1) is 6.10 Å². The van der Waals surface area contributed by atoms with Gasteiger partial charge in [0.15, 0.2) is 0 Å². The number of carbonyl (C=O) groups is 2. The number of piperidine rings is 1. The summed E-state index contributed by atoms with van der Waals surface area (Å²) in [7, 11) is 0. The maximum atomic E-state index is 12.1. The van der Waals surface area contributed by atoms with Gasteiger partial charge in [0.2, 0.25) is 0 Å². The molecule has 1 unspecified atom stereocenters. The number of thioether (sulfide) groups is 1. The Morgan fingerprint density at radius 1 is 1.08 bits per heavy atom. The zero-order valence-electron chi connectivity index (χ0n) is 13.7. The number of carbonyl (C=O) groups excluding carboxylic acids is 2. The molecule has 2 aliphatic rings. The van der Waals surface area contributed by atoms with Crippen LogP contribution in [0.3, 0.4) is 0 Å². The molecule has 6 heteroatoms. The van der Waals surface area contributed by atoms with Crippen molar-refractivity contribution in [3.63, 3.8) is 0 Å². The minimum Gasteiger partial charge on any atom is -0.391 e. The Kier molecular flexibility index (Phi) is 5.79. The number of nitrogens with one attached hydrogen (secondary N) is 1. The van der Waals surface area contributed by atoms with E-state index in [-0.39, 0.29) is 6.54 Å². The fraction of sp³-hybridized carbons (Fsp3) is 0.556. The first-order valence-corrected chi connectivity index (χ1v) is 9.55. The summed E-state index contributed by atoms with van der Waals surface area (Å²) < 4.78 is 0. The first-order chi connectivity index (χ1) is 11.6. The lowest BCUT2D eigenvalue weighted by Crippen LogP contribution is -2.46. The minimum atomic E-state index is -0.639. The molecule has 5 nitrogen and oxygen atoms in total. The summed E-state index contributed by atoms with van der Waals surface area (Å²) in [5.74, 6) is -1.21. The monoisotopic (exact) mass is 348 g/mol. The average Bonchev–Trinajstić information content (AvgIpc) is 3.09. The molecule has 2 N–H and O–H groups in total. The van der Waals surface area contributed by atoms with Crippen LogP contribution in [-0.4, -0.2) is 46.3 Å². The zero-order valence-corrected chi connectivity index (χ0v) is 14.6. The first-order valence-electron chi connectivity index (χ1n) is 8.67. The highest BCUT2D eigenvalue weighted by molar-refractivity contribution is 8.00. The second kappa shape index (κ2) is 8.03. The zero-order chi connectivity index (χ0) is 16.9. The quantitative estimate of drug-likeness (QED) is 0.824. The van der Waals surface area contributed by atoms with Gasteiger partial charge in [-0.2, -0.15) is 0 Å². The van der Waals surface area contributed by atoms with Gasteiger partial charge in [0.25, 0.3) is 0 Å². The number of hydrogen-bond acceptors (Lipinski definition) is 4. The summed E-state index contributed by atoms with van der Waals surface area (Å²) in [6.45, 7) is 0.767. The summed E-state index contributed by atoms with van der Waals surface area (Å²) in [6, 6.07) is 7.67. The van der Waals surface area contributed by atoms with Crippen LogP contribution in [0.2, 0.25) is 0 Å². The van der Waals surface area contributed by atoms with Crippen LogP contribution < -0.4 is 5.32 Å². The van der Waals surface area contributed by atoms with E-state index in [0.29, 0.717) is 23.9 Å². The largest absolute Gasteiger partial charge is 0.391 e. The number of likely N-dealkylation sites (tertiary alicyclic amines) is 1. The molecule has 130 valence electrons. The Balaban J connectivity index is 1.52. The van der Waals surface area contributed by atoms with Gasteiger partial charge in [-0.3, -0.25) is 9.59 Å². The third kappa shape index (κ3) is 4.51. The number of aliphatic hydroxyl groups excluding tert-OH is 1. The lowest BCUT2D eigenvalue weighted by molar-refractivity contribution is -0.145. The molecule has 24 heavy (non-hydrogen) atoms. The van der Waals surface area contributed by atoms with Crippen LogP contribution in [0.4, 0.5) is 5.69 Å². The van der Waals surface area contributed by atoms with Crippen molar-refractivity contribution >= 4 is 29.3 Å². The molecular weight excluding hydrogens is 324 g/mol. The van der Waals surface area contributed by atoms with Gasteiger partial charge in [-0.25, -0.2) is 0 Å². The number of nitrogens with zero attached hydrogens (tertiary/aromatic N) is 1. The number of aliphatic hydroxyl groups is 1. The number of rotatable bonds is 3. The predicted molar refractivity (Wildman–Crippen MR) is 95.0 cm³/mol. The molecule has 0 aromatic heterocycles. The molecule has 1 atom stereocenters. The van der Waals surface area contributed by atoms with Crippen molar-refractivity contribution in [2.24, 2.45) is 0 Å². The second-order valence-electron chi connectivity index (χ2n) is 6.55. The maximum absolute atomic E-state index is 12.1. The van der Waals surface area contributed by atoms with Gasteiger partial charge >= 0.3 is 11.8 Å². The maximum Gasteiger partial charge on any atom is 0.313 e. The van der Waals surface area contributed by atoms with Crippen molar-refractivity contribution in [3.8, 4) is 0 Å². The van der Waals surface area contributed by atoms with Gasteiger partial charge in [-0.1, -0.05) is 12.8 Å². The lowest BCUT2D eigenvalue weighted by atomic mass is 10.1. The van der Waals surface area contributed by atoms with Crippen molar-refractivity contribution in [1.29, 1.82) is 0 Å². The Bertz CT molecular complexity index is 584. The van der Waals surface area contributed by atoms with Crippen molar-refractivity contribution in [3.05, 3.63) is 24.3 Å². The summed E-state index contributed by atoms with van der Waals surface area (Å²) in [6.07, 6.45) is 6.08. The smallest absolute Gasteiger partial charge is 0.313 e. The lowest BCUT2D eigenvalue weighted by Gasteiger charge is -2.29. The average molecular weight is 348 g/mol. The van der Waals surface area contributed by atoms with Gasteiger partial charge in [-0.05, 0) is 49.9 Å². The molecule has 1 aliphatic heterocycles. The number of amides is 2. The summed E-state index contributed by atoms with van der Waals surface area (Å²) in [5.41, 5.74) is 0.627. The summed E-state index contributed by atoms with van der Waals surface area (Å²) in [4.78, 5) is 26.9. The molecular formula is C18H24N2O3S. The third-order valence-corrected chi connectivity index (χ3v) is 5.94. The molecule has 3 rings (SSSR count). The van der Waals surface area contributed by atoms with E-state index >= 15 is 0 Å². The highest BCUT2D eigenvalue weighted by atomic mass is 32.2. The van der Waals surface area contributed by atoms with Crippen LogP contribution in [-0.2, 0) is 9.59 Å². The van der Waals surface area contributed by atoms with Crippen molar-refractivity contribution in [1.82, 2.24) is 4.90 Å². The van der Waals surface area contributed by atoms with E-state index < -0.39 is 17.9 Å². The SMILES string of the molecule is O=C(Nc1ccc(SC2CCCC2)cc1)C(=O)N1CCCC(O)C1. The molecule has 0 radical (unpaired) electrons. The van der Waals surface area contributed by atoms with Gasteiger partial charge in [0, 0.05) is 28.9 Å². The topological polar surface area (TPSA) is 69.6 Å². The molecule has 1 saturated carbocycles. The van der Waals surface area contributed by atoms with E-state index in [1.165, 1.54) is 35.5 Å². The number of β-amino-alcohol motifs (C(OH)–C–C–N with tert-alkyl or cyclic N) is 1. The molecule has 1 aromatic carbocycles. The van der Waals surface area contributed by atoms with Crippen molar-refractivity contribution in [2.45, 2.75) is 54.8 Å². The van der Waals surface area contributed by atoms with Crippen LogP contribution in [0, 0.1) is 0 Å². The third-order valence-electron chi connectivity index (χ3n) is 4.60. The Morgan fingerprint density at radius 2 is 1.79 bits per heavy atom. The highest BCUT2D eigenvalue weighted by Gasteiger charge is 2.26. The van der Waals surface area contributed by atoms with Crippen molar-refractivity contribution in [2.75, 3.05) is 18.4 Å². The Labute approximate surface area is 146 Å². The van der Waals surface area contributed by atoms with E-state index in [1.54, 1.807) is 0 Å². The molecule has 0 spiro atoms. The van der Waals surface area contributed by atoms with Gasteiger partial charge in [0.1, 0.15) is 0 Å². The van der Waals surface area contributed by atoms with E-state index in [4.69, 9.17) is 0 Å². The van der Waals surface area contributed by atoms with Crippen LogP contribution in [0.5, 0.6) is 0 Å². The standard InChI is InChI=1S/C18H24N2O3S/c21-14-4-3-11-20(12-14)18(23)17(22)19-13-7-9-16(10-8-13)24-15-5-1-2-6-15/h7-10,14-15,21H,1-6,11-12H2,(H,19,22). The van der Waals surface area contributed by atoms with E-state index in [1.807, 2.05) is 36.0 Å².